The Morgan fingerprint density at radius 2 is 0.658 bits per heavy atom. The lowest BCUT2D eigenvalue weighted by Crippen LogP contribution is -2.70. The van der Waals surface area contributed by atoms with E-state index in [-0.39, 0.29) is 41.6 Å². The molecule has 0 radical (unpaired) electrons. The van der Waals surface area contributed by atoms with Crippen LogP contribution < -0.4 is 20.8 Å². The summed E-state index contributed by atoms with van der Waals surface area (Å²) in [6.45, 7) is 2.88. The number of alkyl halides is 19. The van der Waals surface area contributed by atoms with Gasteiger partial charge < -0.3 is 43.6 Å². The normalized spacial score (nSPS) is 10.6. The van der Waals surface area contributed by atoms with Gasteiger partial charge >= 0.3 is 54.4 Å². The van der Waals surface area contributed by atoms with Gasteiger partial charge in [0, 0.05) is 63.5 Å². The number of allylic oxidation sites excluding steroid dienone is 1. The topological polar surface area (TPSA) is 168 Å². The van der Waals surface area contributed by atoms with E-state index >= 15 is 0 Å². The molecule has 0 aromatic carbocycles. The summed E-state index contributed by atoms with van der Waals surface area (Å²) in [6, 6.07) is 0. The van der Waals surface area contributed by atoms with Crippen LogP contribution in [0.2, 0.25) is 0 Å². The molecule has 0 amide bonds. The van der Waals surface area contributed by atoms with Crippen molar-refractivity contribution in [3.05, 3.63) is 19.3 Å². The van der Waals surface area contributed by atoms with E-state index in [4.69, 9.17) is 54.4 Å². The van der Waals surface area contributed by atoms with Gasteiger partial charge in [-0.2, -0.15) is 39.5 Å². The maximum Gasteiger partial charge on any atom is 0.591 e. The van der Waals surface area contributed by atoms with Gasteiger partial charge in [0.1, 0.15) is 12.9 Å². The van der Waals surface area contributed by atoms with Crippen molar-refractivity contribution in [1.29, 1.82) is 0 Å². The molecule has 0 spiro atoms. The van der Waals surface area contributed by atoms with Crippen molar-refractivity contribution in [2.24, 2.45) is 10.8 Å². The average Bonchev–Trinajstić information content (AvgIpc) is 3.35. The molecule has 0 saturated heterocycles. The molecule has 0 aromatic rings. The molecule has 0 aliphatic heterocycles. The molecule has 0 rings (SSSR count). The van der Waals surface area contributed by atoms with E-state index in [1.54, 1.807) is 20.8 Å². The molecule has 0 fully saturated rings. The molecule has 0 saturated carbocycles. The highest BCUT2D eigenvalue weighted by Gasteiger charge is 2.54. The minimum Gasteiger partial charge on any atom is -0.365 e. The highest BCUT2D eigenvalue weighted by atomic mass is 28.5. The summed E-state index contributed by atoms with van der Waals surface area (Å²) in [7, 11) is -1.72. The Hall–Kier alpha value is -1.48. The number of hydrogen-bond donors (Lipinski definition) is 4. The predicted octanol–water partition coefficient (Wildman–Crippen LogP) is 11.4. The summed E-state index contributed by atoms with van der Waals surface area (Å²) in [6.07, 6.45) is -9.96. The summed E-state index contributed by atoms with van der Waals surface area (Å²) >= 11 is 0. The minimum atomic E-state index is -4.62. The Morgan fingerprint density at radius 3 is 0.767 bits per heavy atom. The maximum absolute atomic E-state index is 12.5. The van der Waals surface area contributed by atoms with E-state index in [1.807, 2.05) is 6.92 Å². The third kappa shape index (κ3) is 104. The fourth-order valence-corrected chi connectivity index (χ4v) is 9.97. The molecule has 0 unspecified atom stereocenters. The molecule has 0 heterocycles. The predicted molar refractivity (Wildman–Crippen MR) is 250 cm³/mol. The van der Waals surface area contributed by atoms with Crippen LogP contribution in [-0.4, -0.2) is 178 Å². The third-order valence-electron chi connectivity index (χ3n) is 4.75. The molecule has 6 N–H and O–H groups in total. The highest BCUT2D eigenvalue weighted by molar-refractivity contribution is 6.72. The Kier molecular flexibility index (Phi) is 103. The Balaban J connectivity index is -0.0000000526. The summed E-state index contributed by atoms with van der Waals surface area (Å²) in [5.74, 6) is 0. The summed E-state index contributed by atoms with van der Waals surface area (Å²) in [5, 5.41) is 11.2. The second-order valence-electron chi connectivity index (χ2n) is 10.4. The van der Waals surface area contributed by atoms with Crippen LogP contribution in [0.3, 0.4) is 0 Å². The number of nitrogens with one attached hydrogen (secondary N) is 2. The molecule has 0 aliphatic rings. The van der Waals surface area contributed by atoms with Crippen LogP contribution in [0.25, 0.3) is 0 Å². The Bertz CT molecular complexity index is 904. The van der Waals surface area contributed by atoms with Gasteiger partial charge in [-0.15, -0.1) is 0 Å². The van der Waals surface area contributed by atoms with Gasteiger partial charge in [-0.1, -0.05) is 46.9 Å². The van der Waals surface area contributed by atoms with Crippen LogP contribution in [0.1, 0.15) is 75.2 Å². The van der Waals surface area contributed by atoms with Crippen LogP contribution in [0.15, 0.2) is 12.7 Å². The first-order chi connectivity index (χ1) is 32.7. The van der Waals surface area contributed by atoms with Crippen LogP contribution in [0, 0.1) is 6.67 Å². The lowest BCUT2D eigenvalue weighted by molar-refractivity contribution is -0.142. The van der Waals surface area contributed by atoms with Crippen molar-refractivity contribution >= 4 is 35.9 Å². The van der Waals surface area contributed by atoms with E-state index in [1.165, 1.54) is 63.8 Å². The van der Waals surface area contributed by atoms with Crippen molar-refractivity contribution < 1.29 is 131 Å². The van der Waals surface area contributed by atoms with E-state index in [0.29, 0.717) is 32.5 Å². The molecule has 38 heteroatoms. The summed E-state index contributed by atoms with van der Waals surface area (Å²) in [4.78, 5) is 5.49. The zero-order valence-corrected chi connectivity index (χ0v) is 46.1. The molecular weight excluding hydrogens is 1130 g/mol. The van der Waals surface area contributed by atoms with Crippen LogP contribution >= 0.6 is 0 Å². The van der Waals surface area contributed by atoms with Gasteiger partial charge in [0.05, 0.1) is 26.7 Å². The van der Waals surface area contributed by atoms with Gasteiger partial charge in [-0.3, -0.25) is 33.3 Å². The van der Waals surface area contributed by atoms with Crippen LogP contribution in [-0.2, 0) is 43.6 Å². The Labute approximate surface area is 424 Å². The van der Waals surface area contributed by atoms with Crippen molar-refractivity contribution in [2.45, 2.75) is 93.7 Å². The summed E-state index contributed by atoms with van der Waals surface area (Å²) < 4.78 is 261. The monoisotopic (exact) mass is 1210 g/mol. The summed E-state index contributed by atoms with van der Waals surface area (Å²) in [5.41, 5.74) is 0. The lowest BCUT2D eigenvalue weighted by Gasteiger charge is -2.34. The minimum absolute atomic E-state index is 0. The molecule has 0 atom stereocenters. The Morgan fingerprint density at radius 1 is 0.466 bits per heavy atom. The largest absolute Gasteiger partial charge is 0.591 e. The average molecular weight is 1210 g/mol. The van der Waals surface area contributed by atoms with Crippen molar-refractivity contribution in [3.63, 3.8) is 0 Å². The van der Waals surface area contributed by atoms with Crippen LogP contribution in [0.5, 0.6) is 0 Å². The van der Waals surface area contributed by atoms with Gasteiger partial charge in [-0.25, -0.2) is 31.3 Å². The first kappa shape index (κ1) is 104. The van der Waals surface area contributed by atoms with E-state index in [0.717, 1.165) is 12.5 Å². The van der Waals surface area contributed by atoms with Crippen molar-refractivity contribution in [2.75, 3.05) is 124 Å². The van der Waals surface area contributed by atoms with Crippen molar-refractivity contribution in [3.8, 4) is 0 Å². The second kappa shape index (κ2) is 72.6. The molecule has 73 heavy (non-hydrogen) atoms. The smallest absolute Gasteiger partial charge is 0.365 e. The third-order valence-corrected chi connectivity index (χ3v) is 14.9. The highest BCUT2D eigenvalue weighted by Crippen LogP contribution is 2.16. The first-order valence-electron chi connectivity index (χ1n) is 19.4. The SMILES string of the molecule is C.C.C=C[CH+]F.CCCF.CCCF.CCCF.CCCN[Si](OC)(OC)O[Si](NCF)(OC)OC.CCF.CO[Si](N)(OC)O[Si](N)(OC)OC.FCC(F)(F)F.FCC(F)(F)F.FCC(F)(F)F.FCF. The fourth-order valence-electron chi connectivity index (χ4n) is 1.76. The molecule has 0 aromatic heterocycles. The van der Waals surface area contributed by atoms with E-state index in [2.05, 4.69) is 16.5 Å². The van der Waals surface area contributed by atoms with E-state index < -0.39 is 88.1 Å². The fraction of sp³-hybridized carbons (Fsp3) is 0.914. The first-order valence-corrected chi connectivity index (χ1v) is 26.5. The molecule has 460 valence electrons. The van der Waals surface area contributed by atoms with Crippen LogP contribution in [0.4, 0.5) is 87.8 Å². The number of halogens is 20. The molecule has 0 aliphatic carbocycles. The molecule has 0 bridgehead atoms. The number of rotatable bonds is 21. The zero-order valence-electron chi connectivity index (χ0n) is 42.1. The lowest BCUT2D eigenvalue weighted by atomic mass is 10.5. The standard InChI is InChI=1S/C8H23FN2O5Si2.C4H16N2O5Si2.3C3H7F.C3H4F.3C2H2F4.C2H5F.CH2F2.2CH4/c1-6-7-10-17(12-2,13-3)16-18(14-4,15-5)11-8-9;1-7-12(5,8-2)11-13(6,9-3)10-4;4*1-2-3-4;3*3-1-2(4,5)6;1-2-3;2-1-3;;/h10-11H,6-8H2,1-5H3;5-6H2,1-4H3;3*2-3H2,1H3;2-3H,1H2;3*1H2;2H2,1H3;1H2;2*1H4/q;;;;;+1;;;;;;;. The van der Waals surface area contributed by atoms with E-state index in [9.17, 15) is 87.8 Å². The van der Waals surface area contributed by atoms with Gasteiger partial charge in [0.2, 0.25) is 13.6 Å². The van der Waals surface area contributed by atoms with Crippen molar-refractivity contribution in [1.82, 2.24) is 9.96 Å². The van der Waals surface area contributed by atoms with Gasteiger partial charge in [0.15, 0.2) is 20.0 Å². The second-order valence-corrected chi connectivity index (χ2v) is 20.7. The molecule has 14 nitrogen and oxygen atoms in total. The number of nitrogens with two attached hydrogens (primary N) is 2. The van der Waals surface area contributed by atoms with Gasteiger partial charge in [0.25, 0.3) is 0 Å². The quantitative estimate of drug-likeness (QED) is 0.0371. The number of hydrogen-bond acceptors (Lipinski definition) is 14. The van der Waals surface area contributed by atoms with Gasteiger partial charge in [-0.05, 0) is 39.2 Å². The zero-order chi connectivity index (χ0) is 59.3. The molecular formula is C35H85F20N4O10Si4+. The maximum atomic E-state index is 12.5.